The van der Waals surface area contributed by atoms with Gasteiger partial charge >= 0.3 is 5.97 Å². The smallest absolute Gasteiger partial charge is 0.308 e. The van der Waals surface area contributed by atoms with Gasteiger partial charge in [-0.3, -0.25) is 9.59 Å². The Morgan fingerprint density at radius 2 is 1.44 bits per heavy atom. The van der Waals surface area contributed by atoms with Gasteiger partial charge in [0.2, 0.25) is 10.0 Å². The first-order chi connectivity index (χ1) is 17.3. The molecule has 1 heterocycles. The Morgan fingerprint density at radius 1 is 0.861 bits per heavy atom. The van der Waals surface area contributed by atoms with Gasteiger partial charge in [0, 0.05) is 25.6 Å². The van der Waals surface area contributed by atoms with E-state index in [-0.39, 0.29) is 10.9 Å². The summed E-state index contributed by atoms with van der Waals surface area (Å²) in [6.45, 7) is 2.42. The minimum absolute atomic E-state index is 0.186. The first kappa shape index (κ1) is 25.3. The molecule has 0 aliphatic carbocycles. The molecule has 1 aliphatic rings. The number of rotatable bonds is 7. The number of hydrogen-bond donors (Lipinski definition) is 1. The fourth-order valence-electron chi connectivity index (χ4n) is 3.91. The number of hydrogen-bond acceptors (Lipinski definition) is 6. The first-order valence-corrected chi connectivity index (χ1v) is 13.1. The zero-order chi connectivity index (χ0) is 25.5. The molecule has 4 rings (SSSR count). The molecular weight excluding hydrogens is 478 g/mol. The quantitative estimate of drug-likeness (QED) is 0.224. The molecule has 1 amide bonds. The van der Waals surface area contributed by atoms with Crippen LogP contribution in [-0.4, -0.2) is 43.9 Å². The average Bonchev–Trinajstić information content (AvgIpc) is 2.90. The molecule has 186 valence electrons. The van der Waals surface area contributed by atoms with Crippen molar-refractivity contribution in [2.24, 2.45) is 5.10 Å². The number of piperidine rings is 1. The molecule has 1 aliphatic heterocycles. The van der Waals surface area contributed by atoms with Crippen molar-refractivity contribution >= 4 is 28.1 Å². The molecule has 0 radical (unpaired) electrons. The lowest BCUT2D eigenvalue weighted by molar-refractivity contribution is -0.131. The standard InChI is InChI=1S/C27H27N3O5S/c1-20(31)35-25-13-9-23(10-14-25)22-7-5-21(6-8-22)19-28-29-27(32)24-11-15-26(16-12-24)36(33,34)30-17-3-2-4-18-30/h5-16,19H,2-4,17-18H2,1H3,(H,29,32). The lowest BCUT2D eigenvalue weighted by Gasteiger charge is -2.25. The first-order valence-electron chi connectivity index (χ1n) is 11.7. The van der Waals surface area contributed by atoms with Gasteiger partial charge in [0.05, 0.1) is 11.1 Å². The van der Waals surface area contributed by atoms with Crippen LogP contribution in [-0.2, 0) is 14.8 Å². The van der Waals surface area contributed by atoms with Gasteiger partial charge in [0.15, 0.2) is 0 Å². The van der Waals surface area contributed by atoms with Gasteiger partial charge < -0.3 is 4.74 Å². The van der Waals surface area contributed by atoms with E-state index in [2.05, 4.69) is 10.5 Å². The highest BCUT2D eigenvalue weighted by Crippen LogP contribution is 2.23. The number of hydrazone groups is 1. The molecule has 8 nitrogen and oxygen atoms in total. The van der Waals surface area contributed by atoms with E-state index >= 15 is 0 Å². The van der Waals surface area contributed by atoms with Gasteiger partial charge in [0.25, 0.3) is 5.91 Å². The van der Waals surface area contributed by atoms with Crippen LogP contribution < -0.4 is 10.2 Å². The summed E-state index contributed by atoms with van der Waals surface area (Å²) in [4.78, 5) is 23.6. The number of esters is 1. The minimum Gasteiger partial charge on any atom is -0.427 e. The molecule has 0 spiro atoms. The third kappa shape index (κ3) is 6.24. The summed E-state index contributed by atoms with van der Waals surface area (Å²) in [5, 5.41) is 4.00. The molecule has 3 aromatic carbocycles. The highest BCUT2D eigenvalue weighted by molar-refractivity contribution is 7.89. The maximum atomic E-state index is 12.7. The Balaban J connectivity index is 1.34. The SMILES string of the molecule is CC(=O)Oc1ccc(-c2ccc(C=NNC(=O)c3ccc(S(=O)(=O)N4CCCCC4)cc3)cc2)cc1. The number of nitrogens with one attached hydrogen (secondary N) is 1. The van der Waals surface area contributed by atoms with Crippen molar-refractivity contribution in [1.82, 2.24) is 9.73 Å². The summed E-state index contributed by atoms with van der Waals surface area (Å²) < 4.78 is 32.0. The topological polar surface area (TPSA) is 105 Å². The molecule has 9 heteroatoms. The van der Waals surface area contributed by atoms with Gasteiger partial charge in [-0.1, -0.05) is 42.8 Å². The molecule has 0 bridgehead atoms. The van der Waals surface area contributed by atoms with Crippen LogP contribution in [0.3, 0.4) is 0 Å². The molecule has 0 aromatic heterocycles. The van der Waals surface area contributed by atoms with Crippen molar-refractivity contribution in [2.75, 3.05) is 13.1 Å². The fraction of sp³-hybridized carbons (Fsp3) is 0.222. The van der Waals surface area contributed by atoms with Crippen LogP contribution in [0.4, 0.5) is 0 Å². The molecule has 1 N–H and O–H groups in total. The summed E-state index contributed by atoms with van der Waals surface area (Å²) in [6.07, 6.45) is 4.31. The normalized spacial score (nSPS) is 14.5. The average molecular weight is 506 g/mol. The number of benzene rings is 3. The maximum absolute atomic E-state index is 12.7. The highest BCUT2D eigenvalue weighted by Gasteiger charge is 2.25. The summed E-state index contributed by atoms with van der Waals surface area (Å²) in [7, 11) is -3.54. The second-order valence-electron chi connectivity index (χ2n) is 8.43. The summed E-state index contributed by atoms with van der Waals surface area (Å²) >= 11 is 0. The lowest BCUT2D eigenvalue weighted by Crippen LogP contribution is -2.35. The van der Waals surface area contributed by atoms with E-state index in [1.54, 1.807) is 12.1 Å². The maximum Gasteiger partial charge on any atom is 0.308 e. The number of carbonyl (C=O) groups excluding carboxylic acids is 2. The van der Waals surface area contributed by atoms with Gasteiger partial charge in [-0.2, -0.15) is 9.41 Å². The van der Waals surface area contributed by atoms with Gasteiger partial charge in [-0.05, 0) is 65.9 Å². The molecule has 0 saturated carbocycles. The summed E-state index contributed by atoms with van der Waals surface area (Å²) in [5.41, 5.74) is 5.52. The monoisotopic (exact) mass is 505 g/mol. The van der Waals surface area contributed by atoms with Crippen molar-refractivity contribution in [1.29, 1.82) is 0 Å². The van der Waals surface area contributed by atoms with Crippen molar-refractivity contribution < 1.29 is 22.7 Å². The third-order valence-electron chi connectivity index (χ3n) is 5.81. The van der Waals surface area contributed by atoms with Crippen molar-refractivity contribution in [2.45, 2.75) is 31.1 Å². The predicted molar refractivity (Wildman–Crippen MR) is 137 cm³/mol. The van der Waals surface area contributed by atoms with Crippen molar-refractivity contribution in [3.63, 3.8) is 0 Å². The number of amides is 1. The zero-order valence-corrected chi connectivity index (χ0v) is 20.7. The van der Waals surface area contributed by atoms with Crippen LogP contribution in [0.15, 0.2) is 82.8 Å². The van der Waals surface area contributed by atoms with Crippen molar-refractivity contribution in [3.05, 3.63) is 83.9 Å². The second-order valence-corrected chi connectivity index (χ2v) is 10.4. The molecule has 0 atom stereocenters. The summed E-state index contributed by atoms with van der Waals surface area (Å²) in [6, 6.07) is 20.7. The van der Waals surface area contributed by atoms with E-state index in [0.717, 1.165) is 36.0 Å². The Kier molecular flexibility index (Phi) is 7.92. The van der Waals surface area contributed by atoms with Crippen LogP contribution in [0.2, 0.25) is 0 Å². The summed E-state index contributed by atoms with van der Waals surface area (Å²) in [5.74, 6) is -0.307. The van der Waals surface area contributed by atoms with E-state index in [0.29, 0.717) is 24.4 Å². The minimum atomic E-state index is -3.54. The molecule has 0 unspecified atom stereocenters. The molecule has 1 saturated heterocycles. The van der Waals surface area contributed by atoms with Crippen LogP contribution >= 0.6 is 0 Å². The molecule has 36 heavy (non-hydrogen) atoms. The largest absolute Gasteiger partial charge is 0.427 e. The van der Waals surface area contributed by atoms with Crippen molar-refractivity contribution in [3.8, 4) is 16.9 Å². The van der Waals surface area contributed by atoms with Crippen LogP contribution in [0, 0.1) is 0 Å². The second kappa shape index (κ2) is 11.3. The highest BCUT2D eigenvalue weighted by atomic mass is 32.2. The molecule has 3 aromatic rings. The van der Waals surface area contributed by atoms with Crippen LogP contribution in [0.1, 0.15) is 42.1 Å². The van der Waals surface area contributed by atoms with E-state index < -0.39 is 15.9 Å². The van der Waals surface area contributed by atoms with E-state index in [1.807, 2.05) is 36.4 Å². The Hall–Kier alpha value is -3.82. The number of sulfonamides is 1. The fourth-order valence-corrected chi connectivity index (χ4v) is 5.42. The Bertz CT molecular complexity index is 1340. The Morgan fingerprint density at radius 3 is 2.03 bits per heavy atom. The van der Waals surface area contributed by atoms with E-state index in [1.165, 1.54) is 41.7 Å². The molecule has 1 fully saturated rings. The number of nitrogens with zero attached hydrogens (tertiary/aromatic N) is 2. The number of ether oxygens (including phenoxy) is 1. The van der Waals surface area contributed by atoms with E-state index in [9.17, 15) is 18.0 Å². The van der Waals surface area contributed by atoms with E-state index in [4.69, 9.17) is 4.74 Å². The number of carbonyl (C=O) groups is 2. The van der Waals surface area contributed by atoms with Gasteiger partial charge in [0.1, 0.15) is 5.75 Å². The van der Waals surface area contributed by atoms with Crippen LogP contribution in [0.5, 0.6) is 5.75 Å². The molecular formula is C27H27N3O5S. The Labute approximate surface area is 210 Å². The lowest BCUT2D eigenvalue weighted by atomic mass is 10.0. The van der Waals surface area contributed by atoms with Gasteiger partial charge in [-0.15, -0.1) is 0 Å². The van der Waals surface area contributed by atoms with Crippen LogP contribution in [0.25, 0.3) is 11.1 Å². The zero-order valence-electron chi connectivity index (χ0n) is 19.9. The van der Waals surface area contributed by atoms with Gasteiger partial charge in [-0.25, -0.2) is 13.8 Å². The predicted octanol–water partition coefficient (Wildman–Crippen LogP) is 4.22. The third-order valence-corrected chi connectivity index (χ3v) is 7.72.